The lowest BCUT2D eigenvalue weighted by Gasteiger charge is -2.33. The maximum atomic E-state index is 11.9. The summed E-state index contributed by atoms with van der Waals surface area (Å²) in [4.78, 5) is 19.2. The molecule has 7 nitrogen and oxygen atoms in total. The molecule has 9 heteroatoms. The number of carbonyl (C=O) groups excluding carboxylic acids is 1. The molecular formula is C24H27BrClN5O2. The molecule has 0 spiro atoms. The van der Waals surface area contributed by atoms with Crippen LogP contribution >= 0.6 is 27.5 Å². The van der Waals surface area contributed by atoms with Crippen molar-refractivity contribution in [2.75, 3.05) is 31.6 Å². The molecule has 2 fully saturated rings. The van der Waals surface area contributed by atoms with Crippen LogP contribution in [0.1, 0.15) is 26.2 Å². The molecule has 2 aliphatic rings. The third-order valence-corrected chi connectivity index (χ3v) is 7.41. The highest BCUT2D eigenvalue weighted by molar-refractivity contribution is 9.10. The molecule has 1 saturated heterocycles. The Morgan fingerprint density at radius 1 is 1.30 bits per heavy atom. The first-order valence-corrected chi connectivity index (χ1v) is 12.6. The van der Waals surface area contributed by atoms with E-state index in [4.69, 9.17) is 21.3 Å². The molecule has 3 aromatic rings. The van der Waals surface area contributed by atoms with Gasteiger partial charge in [0.1, 0.15) is 5.82 Å². The first-order valence-electron chi connectivity index (χ1n) is 11.5. The zero-order valence-corrected chi connectivity index (χ0v) is 20.8. The summed E-state index contributed by atoms with van der Waals surface area (Å²) in [5.74, 6) is 1.43. The number of fused-ring (bicyclic) bond motifs is 1. The summed E-state index contributed by atoms with van der Waals surface area (Å²) >= 11 is 10.0. The van der Waals surface area contributed by atoms with Crippen LogP contribution in [0.5, 0.6) is 0 Å². The van der Waals surface area contributed by atoms with Gasteiger partial charge in [-0.05, 0) is 54.1 Å². The van der Waals surface area contributed by atoms with Crippen LogP contribution in [0.2, 0.25) is 5.02 Å². The van der Waals surface area contributed by atoms with Gasteiger partial charge in [-0.25, -0.2) is 4.98 Å². The van der Waals surface area contributed by atoms with E-state index >= 15 is 0 Å². The van der Waals surface area contributed by atoms with Crippen molar-refractivity contribution in [3.8, 4) is 11.3 Å². The van der Waals surface area contributed by atoms with Crippen molar-refractivity contribution < 1.29 is 9.53 Å². The Balaban J connectivity index is 1.26. The van der Waals surface area contributed by atoms with Crippen molar-refractivity contribution >= 4 is 45.0 Å². The largest absolute Gasteiger partial charge is 0.466 e. The molecule has 1 N–H and O–H groups in total. The maximum Gasteiger partial charge on any atom is 0.309 e. The molecule has 0 amide bonds. The van der Waals surface area contributed by atoms with Crippen molar-refractivity contribution in [3.05, 3.63) is 46.0 Å². The zero-order valence-electron chi connectivity index (χ0n) is 18.5. The van der Waals surface area contributed by atoms with E-state index in [0.29, 0.717) is 23.6 Å². The molecule has 1 aromatic carbocycles. The molecule has 2 atom stereocenters. The van der Waals surface area contributed by atoms with Gasteiger partial charge in [-0.3, -0.25) is 4.79 Å². The van der Waals surface area contributed by atoms with E-state index in [2.05, 4.69) is 31.2 Å². The minimum Gasteiger partial charge on any atom is -0.466 e. The van der Waals surface area contributed by atoms with Crippen LogP contribution in [0.15, 0.2) is 41.0 Å². The topological polar surface area (TPSA) is 71.8 Å². The number of piperidine rings is 1. The van der Waals surface area contributed by atoms with Gasteiger partial charge in [-0.2, -0.15) is 9.61 Å². The van der Waals surface area contributed by atoms with Gasteiger partial charge in [0.05, 0.1) is 28.9 Å². The van der Waals surface area contributed by atoms with Gasteiger partial charge in [0, 0.05) is 42.3 Å². The second kappa shape index (κ2) is 9.60. The second-order valence-corrected chi connectivity index (χ2v) is 10.1. The van der Waals surface area contributed by atoms with Crippen LogP contribution in [-0.2, 0) is 9.53 Å². The molecule has 1 saturated carbocycles. The van der Waals surface area contributed by atoms with E-state index in [-0.39, 0.29) is 11.9 Å². The molecular weight excluding hydrogens is 506 g/mol. The van der Waals surface area contributed by atoms with Gasteiger partial charge in [-0.1, -0.05) is 29.8 Å². The fourth-order valence-corrected chi connectivity index (χ4v) is 5.21. The van der Waals surface area contributed by atoms with Gasteiger partial charge >= 0.3 is 5.97 Å². The molecule has 33 heavy (non-hydrogen) atoms. The minimum atomic E-state index is -0.0273. The number of rotatable bonds is 7. The lowest BCUT2D eigenvalue weighted by Crippen LogP contribution is -2.40. The highest BCUT2D eigenvalue weighted by Crippen LogP contribution is 2.40. The molecule has 5 rings (SSSR count). The van der Waals surface area contributed by atoms with Crippen molar-refractivity contribution in [2.24, 2.45) is 11.8 Å². The van der Waals surface area contributed by atoms with Crippen LogP contribution in [0.25, 0.3) is 16.9 Å². The third-order valence-electron chi connectivity index (χ3n) is 6.52. The Bertz CT molecular complexity index is 1160. The average Bonchev–Trinajstić information content (AvgIpc) is 3.49. The van der Waals surface area contributed by atoms with Crippen molar-refractivity contribution in [1.82, 2.24) is 19.5 Å². The van der Waals surface area contributed by atoms with E-state index in [0.717, 1.165) is 66.1 Å². The highest BCUT2D eigenvalue weighted by atomic mass is 79.9. The van der Waals surface area contributed by atoms with Gasteiger partial charge in [0.2, 0.25) is 0 Å². The lowest BCUT2D eigenvalue weighted by atomic mass is 10.0. The molecule has 0 radical (unpaired) electrons. The fourth-order valence-electron chi connectivity index (χ4n) is 4.63. The Morgan fingerprint density at radius 3 is 2.85 bits per heavy atom. The summed E-state index contributed by atoms with van der Waals surface area (Å²) < 4.78 is 7.84. The van der Waals surface area contributed by atoms with E-state index in [9.17, 15) is 4.79 Å². The molecule has 1 aliphatic heterocycles. The van der Waals surface area contributed by atoms with Crippen molar-refractivity contribution in [2.45, 2.75) is 32.2 Å². The summed E-state index contributed by atoms with van der Waals surface area (Å²) in [6.45, 7) is 5.34. The molecule has 1 aliphatic carbocycles. The van der Waals surface area contributed by atoms with Crippen molar-refractivity contribution in [1.29, 1.82) is 0 Å². The zero-order chi connectivity index (χ0) is 22.9. The standard InChI is InChI=1S/C24H27BrClN5O2/c1-2-33-24(32)18-11-15(18)14-30-9-7-16(8-10-30)28-22-12-21(17-5-3-4-6-20(17)26)29-23-19(25)13-27-31(22)23/h3-6,12-13,15-16,18,28H,2,7-11,14H2,1H3. The summed E-state index contributed by atoms with van der Waals surface area (Å²) in [6, 6.07) is 10.1. The Labute approximate surface area is 206 Å². The number of hydrogen-bond donors (Lipinski definition) is 1. The van der Waals surface area contributed by atoms with E-state index in [1.165, 1.54) is 0 Å². The first kappa shape index (κ1) is 22.6. The van der Waals surface area contributed by atoms with Gasteiger partial charge in [-0.15, -0.1) is 0 Å². The molecule has 0 bridgehead atoms. The first-order chi connectivity index (χ1) is 16.0. The maximum absolute atomic E-state index is 11.9. The number of ether oxygens (including phenoxy) is 1. The van der Waals surface area contributed by atoms with Crippen molar-refractivity contribution in [3.63, 3.8) is 0 Å². The van der Waals surface area contributed by atoms with Crippen LogP contribution in [0.3, 0.4) is 0 Å². The van der Waals surface area contributed by atoms with Crippen LogP contribution in [0, 0.1) is 11.8 Å². The lowest BCUT2D eigenvalue weighted by molar-refractivity contribution is -0.145. The molecule has 3 heterocycles. The molecule has 174 valence electrons. The summed E-state index contributed by atoms with van der Waals surface area (Å²) in [5.41, 5.74) is 2.47. The predicted molar refractivity (Wildman–Crippen MR) is 132 cm³/mol. The number of nitrogens with zero attached hydrogens (tertiary/aromatic N) is 4. The SMILES string of the molecule is CCOC(=O)C1CC1CN1CCC(Nc2cc(-c3ccccc3Cl)nc3c(Br)cnn23)CC1. The quantitative estimate of drug-likeness (QED) is 0.437. The molecule has 2 unspecified atom stereocenters. The number of likely N-dealkylation sites (tertiary alicyclic amines) is 1. The fraction of sp³-hybridized carbons (Fsp3) is 0.458. The monoisotopic (exact) mass is 531 g/mol. The number of anilines is 1. The van der Waals surface area contributed by atoms with E-state index in [1.54, 1.807) is 6.20 Å². The minimum absolute atomic E-state index is 0.0273. The van der Waals surface area contributed by atoms with Gasteiger partial charge in [0.25, 0.3) is 0 Å². The number of nitrogens with one attached hydrogen (secondary N) is 1. The van der Waals surface area contributed by atoms with Gasteiger partial charge < -0.3 is 15.0 Å². The predicted octanol–water partition coefficient (Wildman–Crippen LogP) is 4.89. The van der Waals surface area contributed by atoms with E-state index in [1.807, 2.05) is 41.8 Å². The van der Waals surface area contributed by atoms with Crippen LogP contribution < -0.4 is 5.32 Å². The number of carbonyl (C=O) groups is 1. The Hall–Kier alpha value is -2.16. The third kappa shape index (κ3) is 4.88. The summed E-state index contributed by atoms with van der Waals surface area (Å²) in [6.07, 6.45) is 4.79. The van der Waals surface area contributed by atoms with Crippen LogP contribution in [0.4, 0.5) is 5.82 Å². The average molecular weight is 533 g/mol. The number of halogens is 2. The van der Waals surface area contributed by atoms with E-state index < -0.39 is 0 Å². The number of esters is 1. The molecule has 2 aromatic heterocycles. The smallest absolute Gasteiger partial charge is 0.309 e. The number of aromatic nitrogens is 3. The summed E-state index contributed by atoms with van der Waals surface area (Å²) in [7, 11) is 0. The Kier molecular flexibility index (Phi) is 6.58. The number of hydrogen-bond acceptors (Lipinski definition) is 6. The van der Waals surface area contributed by atoms with Gasteiger partial charge in [0.15, 0.2) is 5.65 Å². The Morgan fingerprint density at radius 2 is 2.09 bits per heavy atom. The number of benzene rings is 1. The highest BCUT2D eigenvalue weighted by Gasteiger charge is 2.45. The van der Waals surface area contributed by atoms with Crippen LogP contribution in [-0.4, -0.2) is 57.8 Å². The summed E-state index contributed by atoms with van der Waals surface area (Å²) in [5, 5.41) is 8.87. The normalized spacial score (nSPS) is 21.3. The second-order valence-electron chi connectivity index (χ2n) is 8.81.